The summed E-state index contributed by atoms with van der Waals surface area (Å²) in [4.78, 5) is 38.0. The number of allylic oxidation sites excluding steroid dienone is 28. The highest BCUT2D eigenvalue weighted by atomic mass is 16.6. The molecule has 68 heavy (non-hydrogen) atoms. The summed E-state index contributed by atoms with van der Waals surface area (Å²) in [6.07, 6.45) is 80.4. The minimum Gasteiger partial charge on any atom is -0.462 e. The lowest BCUT2D eigenvalue weighted by molar-refractivity contribution is -0.167. The Morgan fingerprint density at radius 2 is 0.647 bits per heavy atom. The van der Waals surface area contributed by atoms with Crippen molar-refractivity contribution in [3.8, 4) is 0 Å². The smallest absolute Gasteiger partial charge is 0.306 e. The van der Waals surface area contributed by atoms with Crippen molar-refractivity contribution in [2.75, 3.05) is 13.2 Å². The normalized spacial score (nSPS) is 13.5. The summed E-state index contributed by atoms with van der Waals surface area (Å²) in [5.74, 6) is -1.04. The van der Waals surface area contributed by atoms with Crippen LogP contribution in [0.5, 0.6) is 0 Å². The summed E-state index contributed by atoms with van der Waals surface area (Å²) in [7, 11) is 0. The maximum atomic E-state index is 12.8. The molecule has 0 radical (unpaired) electrons. The van der Waals surface area contributed by atoms with Crippen LogP contribution in [0.25, 0.3) is 0 Å². The highest BCUT2D eigenvalue weighted by Gasteiger charge is 2.19. The van der Waals surface area contributed by atoms with E-state index >= 15 is 0 Å². The average Bonchev–Trinajstić information content (AvgIpc) is 3.34. The van der Waals surface area contributed by atoms with E-state index < -0.39 is 6.10 Å². The first-order chi connectivity index (χ1) is 33.5. The van der Waals surface area contributed by atoms with Crippen molar-refractivity contribution in [2.45, 2.75) is 187 Å². The highest BCUT2D eigenvalue weighted by Crippen LogP contribution is 2.12. The van der Waals surface area contributed by atoms with E-state index in [2.05, 4.69) is 118 Å². The van der Waals surface area contributed by atoms with Crippen LogP contribution in [-0.4, -0.2) is 37.2 Å². The van der Waals surface area contributed by atoms with E-state index in [1.165, 1.54) is 6.42 Å². The summed E-state index contributed by atoms with van der Waals surface area (Å²) in [6.45, 7) is 6.18. The van der Waals surface area contributed by atoms with Crippen molar-refractivity contribution in [3.63, 3.8) is 0 Å². The molecule has 0 aliphatic heterocycles. The number of hydrogen-bond donors (Lipinski definition) is 0. The van der Waals surface area contributed by atoms with E-state index in [4.69, 9.17) is 14.2 Å². The van der Waals surface area contributed by atoms with Gasteiger partial charge in [0.15, 0.2) is 6.10 Å². The van der Waals surface area contributed by atoms with Crippen LogP contribution in [0.3, 0.4) is 0 Å². The van der Waals surface area contributed by atoms with Gasteiger partial charge in [0.25, 0.3) is 0 Å². The van der Waals surface area contributed by atoms with Gasteiger partial charge in [0.05, 0.1) is 0 Å². The molecule has 376 valence electrons. The second-order valence-corrected chi connectivity index (χ2v) is 16.5. The maximum Gasteiger partial charge on any atom is 0.306 e. The van der Waals surface area contributed by atoms with E-state index in [1.807, 2.05) is 72.9 Å². The minimum atomic E-state index is -0.832. The van der Waals surface area contributed by atoms with E-state index in [-0.39, 0.29) is 37.5 Å². The monoisotopic (exact) mass is 933 g/mol. The largest absolute Gasteiger partial charge is 0.462 e. The van der Waals surface area contributed by atoms with E-state index in [1.54, 1.807) is 0 Å². The Kier molecular flexibility index (Phi) is 50.2. The molecule has 0 rings (SSSR count). The molecule has 6 nitrogen and oxygen atoms in total. The van der Waals surface area contributed by atoms with E-state index in [0.717, 1.165) is 135 Å². The van der Waals surface area contributed by atoms with Crippen LogP contribution in [0.1, 0.15) is 181 Å². The highest BCUT2D eigenvalue weighted by molar-refractivity contribution is 5.71. The van der Waals surface area contributed by atoms with Crippen LogP contribution in [-0.2, 0) is 28.6 Å². The minimum absolute atomic E-state index is 0.128. The van der Waals surface area contributed by atoms with Gasteiger partial charge in [-0.15, -0.1) is 0 Å². The van der Waals surface area contributed by atoms with Crippen LogP contribution in [0.15, 0.2) is 170 Å². The molecule has 0 saturated heterocycles. The second-order valence-electron chi connectivity index (χ2n) is 16.5. The predicted molar refractivity (Wildman–Crippen MR) is 292 cm³/mol. The second kappa shape index (κ2) is 54.4. The maximum absolute atomic E-state index is 12.8. The summed E-state index contributed by atoms with van der Waals surface area (Å²) >= 11 is 0. The van der Waals surface area contributed by atoms with Crippen molar-refractivity contribution in [1.29, 1.82) is 0 Å². The van der Waals surface area contributed by atoms with Crippen LogP contribution in [0.2, 0.25) is 0 Å². The fourth-order valence-corrected chi connectivity index (χ4v) is 6.27. The molecule has 0 N–H and O–H groups in total. The standard InChI is InChI=1S/C62H92O6/c1-4-7-10-13-16-19-22-25-27-29-31-33-34-37-40-43-46-49-52-55-61(64)67-58-59(57-66-60(63)54-51-48-45-42-39-36-24-21-18-15-12-9-6-3)68-62(65)56-53-50-47-44-41-38-35-32-30-28-26-23-20-17-14-11-8-5-2/h7,9-12,14-21,23-28,30-33,35-37,39-40,59H,4-6,8,13,22,29,34,38,41-58H2,1-3H3/b10-7+,12-9+,14-11+,18-15+,19-16+,20-17+,24-21+,26-23+,27-25+,30-28+,33-31+,35-32+,39-36+,40-37+. The van der Waals surface area contributed by atoms with Gasteiger partial charge in [-0.25, -0.2) is 0 Å². The number of hydrogen-bond acceptors (Lipinski definition) is 6. The lowest BCUT2D eigenvalue weighted by Gasteiger charge is -2.18. The quantitative estimate of drug-likeness (QED) is 0.0199. The number of ether oxygens (including phenoxy) is 3. The zero-order valence-corrected chi connectivity index (χ0v) is 42.8. The lowest BCUT2D eigenvalue weighted by atomic mass is 10.1. The van der Waals surface area contributed by atoms with Gasteiger partial charge in [-0.1, -0.05) is 229 Å². The first-order valence-electron chi connectivity index (χ1n) is 26.3. The molecule has 0 bridgehead atoms. The zero-order valence-electron chi connectivity index (χ0n) is 42.8. The van der Waals surface area contributed by atoms with Crippen molar-refractivity contribution in [3.05, 3.63) is 170 Å². The third-order valence-electron chi connectivity index (χ3n) is 10.1. The van der Waals surface area contributed by atoms with Crippen LogP contribution in [0.4, 0.5) is 0 Å². The first kappa shape index (κ1) is 62.8. The Labute approximate surface area is 415 Å². The first-order valence-corrected chi connectivity index (χ1v) is 26.3. The molecular weight excluding hydrogens is 841 g/mol. The lowest BCUT2D eigenvalue weighted by Crippen LogP contribution is -2.30. The molecule has 0 heterocycles. The topological polar surface area (TPSA) is 78.9 Å². The van der Waals surface area contributed by atoms with Crippen molar-refractivity contribution in [1.82, 2.24) is 0 Å². The van der Waals surface area contributed by atoms with Gasteiger partial charge in [-0.05, 0) is 103 Å². The van der Waals surface area contributed by atoms with Crippen LogP contribution in [0, 0.1) is 0 Å². The molecule has 0 amide bonds. The Balaban J connectivity index is 4.60. The molecule has 1 unspecified atom stereocenters. The molecule has 0 aliphatic rings. The fourth-order valence-electron chi connectivity index (χ4n) is 6.27. The van der Waals surface area contributed by atoms with Gasteiger partial charge in [-0.2, -0.15) is 0 Å². The summed E-state index contributed by atoms with van der Waals surface area (Å²) in [5.41, 5.74) is 0. The molecule has 6 heteroatoms. The average molecular weight is 933 g/mol. The molecular formula is C62H92O6. The molecule has 0 aromatic rings. The van der Waals surface area contributed by atoms with E-state index in [0.29, 0.717) is 12.8 Å². The Bertz CT molecular complexity index is 1640. The molecule has 0 fully saturated rings. The number of carbonyl (C=O) groups excluding carboxylic acids is 3. The Morgan fingerprint density at radius 1 is 0.324 bits per heavy atom. The number of esters is 3. The molecule has 0 aromatic carbocycles. The molecule has 1 atom stereocenters. The van der Waals surface area contributed by atoms with Gasteiger partial charge in [0, 0.05) is 19.3 Å². The Morgan fingerprint density at radius 3 is 1.09 bits per heavy atom. The van der Waals surface area contributed by atoms with E-state index in [9.17, 15) is 14.4 Å². The van der Waals surface area contributed by atoms with Gasteiger partial charge in [0.1, 0.15) is 13.2 Å². The molecule has 0 aliphatic carbocycles. The molecule has 0 aromatic heterocycles. The van der Waals surface area contributed by atoms with Gasteiger partial charge in [0.2, 0.25) is 0 Å². The molecule has 0 spiro atoms. The summed E-state index contributed by atoms with van der Waals surface area (Å²) < 4.78 is 16.7. The zero-order chi connectivity index (χ0) is 49.3. The third kappa shape index (κ3) is 51.7. The van der Waals surface area contributed by atoms with Crippen molar-refractivity contribution in [2.24, 2.45) is 0 Å². The Hall–Kier alpha value is -5.23. The summed E-state index contributed by atoms with van der Waals surface area (Å²) in [6, 6.07) is 0. The molecule has 0 saturated carbocycles. The fraction of sp³-hybridized carbons (Fsp3) is 0.500. The number of rotatable bonds is 44. The van der Waals surface area contributed by atoms with Crippen molar-refractivity contribution >= 4 is 17.9 Å². The number of carbonyl (C=O) groups is 3. The van der Waals surface area contributed by atoms with Crippen molar-refractivity contribution < 1.29 is 28.6 Å². The number of unbranched alkanes of at least 4 members (excludes halogenated alkanes) is 12. The third-order valence-corrected chi connectivity index (χ3v) is 10.1. The van der Waals surface area contributed by atoms with Gasteiger partial charge in [-0.3, -0.25) is 14.4 Å². The van der Waals surface area contributed by atoms with Gasteiger partial charge < -0.3 is 14.2 Å². The van der Waals surface area contributed by atoms with Gasteiger partial charge >= 0.3 is 17.9 Å². The SMILES string of the molecule is CC/C=C/C=C/C=C/C=C/CCCCCC(=O)OCC(COC(=O)CCCCC/C=C/C/C=C/C/C=C/C/C=C/C/C=C/CC)OC(=O)CCCCCCC/C=C/C=C/C=C/C=C/C=C/CCC. The van der Waals surface area contributed by atoms with Crippen LogP contribution < -0.4 is 0 Å². The van der Waals surface area contributed by atoms with Crippen LogP contribution >= 0.6 is 0 Å². The summed E-state index contributed by atoms with van der Waals surface area (Å²) in [5, 5.41) is 0. The predicted octanol–water partition coefficient (Wildman–Crippen LogP) is 17.6.